The second-order valence-corrected chi connectivity index (χ2v) is 9.56. The monoisotopic (exact) mass is 478 g/mol. The summed E-state index contributed by atoms with van der Waals surface area (Å²) in [5, 5.41) is 13.2. The largest absolute Gasteiger partial charge is 0.477 e. The third-order valence-electron chi connectivity index (χ3n) is 6.50. The third kappa shape index (κ3) is 4.96. The van der Waals surface area contributed by atoms with Crippen LogP contribution in [0.5, 0.6) is 0 Å². The van der Waals surface area contributed by atoms with Gasteiger partial charge in [-0.3, -0.25) is 8.97 Å². The molecule has 0 bridgehead atoms. The maximum atomic E-state index is 14.0. The minimum absolute atomic E-state index is 0.0873. The van der Waals surface area contributed by atoms with E-state index in [-0.39, 0.29) is 5.69 Å². The molecule has 0 radical (unpaired) electrons. The number of fused-ring (bicyclic) bond motifs is 3. The molecule has 4 aromatic rings. The van der Waals surface area contributed by atoms with Gasteiger partial charge < -0.3 is 10.4 Å². The lowest BCUT2D eigenvalue weighted by Gasteiger charge is -2.13. The highest BCUT2D eigenvalue weighted by Crippen LogP contribution is 2.32. The molecule has 5 rings (SSSR count). The highest BCUT2D eigenvalue weighted by Gasteiger charge is 2.25. The molecule has 7 heteroatoms. The molecule has 0 amide bonds. The maximum Gasteiger partial charge on any atom is 0.354 e. The van der Waals surface area contributed by atoms with E-state index in [1.54, 1.807) is 10.5 Å². The van der Waals surface area contributed by atoms with Crippen molar-refractivity contribution in [3.05, 3.63) is 64.2 Å². The molecule has 0 atom stereocenters. The highest BCUT2D eigenvalue weighted by molar-refractivity contribution is 5.93. The lowest BCUT2D eigenvalue weighted by atomic mass is 10.0. The summed E-state index contributed by atoms with van der Waals surface area (Å²) in [6.07, 6.45) is 4.69. The standard InChI is InChI=1S/C21H20FN3O2.C7H15N/c1-5-15-19(20(26)27)25-17-10-14(22)6-7-16(17)24(21(25)23-15)18-12(3)8-11(2)9-13(18)4;1-2-5-8-6-7-3-4-7/h6-10H,5H2,1-4H3,(H,26,27);7-8H,2-6H2,1H3. The molecule has 2 aromatic heterocycles. The highest BCUT2D eigenvalue weighted by atomic mass is 19.1. The number of carboxylic acids is 1. The molecule has 1 saturated carbocycles. The van der Waals surface area contributed by atoms with Gasteiger partial charge in [-0.2, -0.15) is 0 Å². The second kappa shape index (κ2) is 10.2. The lowest BCUT2D eigenvalue weighted by molar-refractivity contribution is 0.0688. The molecule has 35 heavy (non-hydrogen) atoms. The van der Waals surface area contributed by atoms with E-state index in [1.165, 1.54) is 44.5 Å². The normalized spacial score (nSPS) is 13.3. The first-order valence-corrected chi connectivity index (χ1v) is 12.5. The van der Waals surface area contributed by atoms with E-state index in [2.05, 4.69) is 29.4 Å². The molecule has 1 aliphatic carbocycles. The van der Waals surface area contributed by atoms with Crippen LogP contribution in [-0.4, -0.2) is 38.1 Å². The molecule has 2 N–H and O–H groups in total. The van der Waals surface area contributed by atoms with Gasteiger partial charge in [-0.05, 0) is 88.7 Å². The summed E-state index contributed by atoms with van der Waals surface area (Å²) in [7, 11) is 0. The van der Waals surface area contributed by atoms with E-state index in [1.807, 2.05) is 32.3 Å². The number of imidazole rings is 2. The number of benzene rings is 2. The number of nitrogens with zero attached hydrogens (tertiary/aromatic N) is 3. The van der Waals surface area contributed by atoms with E-state index in [4.69, 9.17) is 0 Å². The van der Waals surface area contributed by atoms with Gasteiger partial charge >= 0.3 is 5.97 Å². The summed E-state index contributed by atoms with van der Waals surface area (Å²) in [5.41, 5.74) is 5.98. The minimum atomic E-state index is -1.07. The Hall–Kier alpha value is -3.19. The molecule has 0 unspecified atom stereocenters. The van der Waals surface area contributed by atoms with Crippen molar-refractivity contribution < 1.29 is 14.3 Å². The molecule has 0 spiro atoms. The summed E-state index contributed by atoms with van der Waals surface area (Å²) >= 11 is 0. The Bertz CT molecular complexity index is 1360. The molecule has 0 aliphatic heterocycles. The van der Waals surface area contributed by atoms with E-state index in [9.17, 15) is 14.3 Å². The number of aromatic nitrogens is 3. The Labute approximate surface area is 205 Å². The average Bonchev–Trinajstić information content (AvgIpc) is 3.47. The van der Waals surface area contributed by atoms with Gasteiger partial charge in [0, 0.05) is 6.07 Å². The third-order valence-corrected chi connectivity index (χ3v) is 6.50. The first kappa shape index (κ1) is 24.9. The van der Waals surface area contributed by atoms with Gasteiger partial charge in [0.05, 0.1) is 22.4 Å². The van der Waals surface area contributed by atoms with Crippen molar-refractivity contribution >= 4 is 22.8 Å². The number of carbonyl (C=O) groups is 1. The summed E-state index contributed by atoms with van der Waals surface area (Å²) in [6.45, 7) is 12.6. The van der Waals surface area contributed by atoms with Crippen molar-refractivity contribution in [3.63, 3.8) is 0 Å². The van der Waals surface area contributed by atoms with Crippen LogP contribution in [0.4, 0.5) is 4.39 Å². The predicted octanol–water partition coefficient (Wildman–Crippen LogP) is 6.00. The fourth-order valence-electron chi connectivity index (χ4n) is 4.82. The summed E-state index contributed by atoms with van der Waals surface area (Å²) in [6, 6.07) is 8.59. The van der Waals surface area contributed by atoms with Crippen LogP contribution in [0.25, 0.3) is 22.5 Å². The van der Waals surface area contributed by atoms with Gasteiger partial charge in [0.2, 0.25) is 5.78 Å². The van der Waals surface area contributed by atoms with E-state index < -0.39 is 11.8 Å². The quantitative estimate of drug-likeness (QED) is 0.320. The molecular formula is C28H35FN4O2. The van der Waals surface area contributed by atoms with Crippen molar-refractivity contribution in [2.45, 2.75) is 60.3 Å². The van der Waals surface area contributed by atoms with Crippen LogP contribution in [0.15, 0.2) is 30.3 Å². The molecular weight excluding hydrogens is 443 g/mol. The summed E-state index contributed by atoms with van der Waals surface area (Å²) in [5.74, 6) is 0.0449. The molecule has 1 fully saturated rings. The number of carboxylic acid groups (broad SMARTS) is 1. The first-order valence-electron chi connectivity index (χ1n) is 12.5. The van der Waals surface area contributed by atoms with Crippen molar-refractivity contribution in [1.82, 2.24) is 19.3 Å². The van der Waals surface area contributed by atoms with Crippen molar-refractivity contribution in [1.29, 1.82) is 0 Å². The van der Waals surface area contributed by atoms with Crippen LogP contribution in [0.3, 0.4) is 0 Å². The van der Waals surface area contributed by atoms with Gasteiger partial charge in [0.15, 0.2) is 5.69 Å². The van der Waals surface area contributed by atoms with Crippen LogP contribution in [0.2, 0.25) is 0 Å². The lowest BCUT2D eigenvalue weighted by Crippen LogP contribution is -2.16. The van der Waals surface area contributed by atoms with Gasteiger partial charge in [0.25, 0.3) is 0 Å². The fourth-order valence-corrected chi connectivity index (χ4v) is 4.82. The van der Waals surface area contributed by atoms with Crippen LogP contribution in [0, 0.1) is 32.5 Å². The molecule has 2 heterocycles. The first-order chi connectivity index (χ1) is 16.8. The molecule has 186 valence electrons. The zero-order valence-electron chi connectivity index (χ0n) is 21.3. The van der Waals surface area contributed by atoms with Crippen LogP contribution < -0.4 is 5.32 Å². The zero-order chi connectivity index (χ0) is 25.3. The van der Waals surface area contributed by atoms with Crippen LogP contribution in [0.1, 0.15) is 66.0 Å². The van der Waals surface area contributed by atoms with Crippen molar-refractivity contribution in [2.24, 2.45) is 5.92 Å². The molecule has 1 aliphatic rings. The molecule has 6 nitrogen and oxygen atoms in total. The topological polar surface area (TPSA) is 71.6 Å². The minimum Gasteiger partial charge on any atom is -0.477 e. The Morgan fingerprint density at radius 3 is 2.37 bits per heavy atom. The second-order valence-electron chi connectivity index (χ2n) is 9.56. The van der Waals surface area contributed by atoms with Crippen LogP contribution in [-0.2, 0) is 6.42 Å². The van der Waals surface area contributed by atoms with Gasteiger partial charge in [-0.1, -0.05) is 31.5 Å². The Kier molecular flexibility index (Phi) is 7.26. The number of hydrogen-bond donors (Lipinski definition) is 2. The van der Waals surface area contributed by atoms with Crippen molar-refractivity contribution in [3.8, 4) is 5.69 Å². The number of halogens is 1. The smallest absolute Gasteiger partial charge is 0.354 e. The number of hydrogen-bond acceptors (Lipinski definition) is 3. The average molecular weight is 479 g/mol. The number of aryl methyl sites for hydroxylation is 4. The Morgan fingerprint density at radius 2 is 1.80 bits per heavy atom. The zero-order valence-corrected chi connectivity index (χ0v) is 21.3. The Morgan fingerprint density at radius 1 is 1.11 bits per heavy atom. The molecule has 0 saturated heterocycles. The van der Waals surface area contributed by atoms with Crippen LogP contribution >= 0.6 is 0 Å². The SMILES string of the molecule is CCCNCC1CC1.CCc1nc2n(-c3c(C)cc(C)cc3C)c3ccc(F)cc3n2c1C(=O)O. The molecule has 2 aromatic carbocycles. The number of aromatic carboxylic acids is 1. The van der Waals surface area contributed by atoms with E-state index >= 15 is 0 Å². The maximum absolute atomic E-state index is 14.0. The van der Waals surface area contributed by atoms with E-state index in [0.717, 1.165) is 33.8 Å². The summed E-state index contributed by atoms with van der Waals surface area (Å²) in [4.78, 5) is 16.6. The number of nitrogens with one attached hydrogen (secondary N) is 1. The summed E-state index contributed by atoms with van der Waals surface area (Å²) < 4.78 is 17.5. The van der Waals surface area contributed by atoms with Crippen molar-refractivity contribution in [2.75, 3.05) is 13.1 Å². The van der Waals surface area contributed by atoms with Gasteiger partial charge in [0.1, 0.15) is 5.82 Å². The van der Waals surface area contributed by atoms with Gasteiger partial charge in [-0.25, -0.2) is 14.2 Å². The predicted molar refractivity (Wildman–Crippen MR) is 138 cm³/mol. The Balaban J connectivity index is 0.000000308. The van der Waals surface area contributed by atoms with Gasteiger partial charge in [-0.15, -0.1) is 0 Å². The van der Waals surface area contributed by atoms with E-state index in [0.29, 0.717) is 23.4 Å². The fraction of sp³-hybridized carbons (Fsp3) is 0.429. The number of rotatable bonds is 7.